The maximum absolute atomic E-state index is 6.34. The molecule has 0 amide bonds. The molecule has 0 aliphatic rings. The van der Waals surface area contributed by atoms with Gasteiger partial charge in [0, 0.05) is 10.5 Å². The van der Waals surface area contributed by atoms with E-state index in [-0.39, 0.29) is 5.38 Å². The number of aromatic nitrogens is 2. The Labute approximate surface area is 134 Å². The highest BCUT2D eigenvalue weighted by Gasteiger charge is 2.20. The third kappa shape index (κ3) is 3.20. The topological polar surface area (TPSA) is 17.8 Å². The zero-order chi connectivity index (χ0) is 14.9. The van der Waals surface area contributed by atoms with Crippen molar-refractivity contribution in [2.75, 3.05) is 0 Å². The quantitative estimate of drug-likeness (QED) is 0.591. The summed E-state index contributed by atoms with van der Waals surface area (Å²) in [5.74, 6) is 1.67. The van der Waals surface area contributed by atoms with Gasteiger partial charge in [-0.05, 0) is 44.4 Å². The van der Waals surface area contributed by atoms with Crippen molar-refractivity contribution in [3.05, 3.63) is 28.5 Å². The number of halogens is 2. The predicted octanol–water partition coefficient (Wildman–Crippen LogP) is 6.10. The van der Waals surface area contributed by atoms with Gasteiger partial charge in [-0.2, -0.15) is 0 Å². The molecule has 0 saturated carbocycles. The number of alkyl halides is 1. The van der Waals surface area contributed by atoms with E-state index in [4.69, 9.17) is 16.6 Å². The van der Waals surface area contributed by atoms with Crippen LogP contribution in [0.1, 0.15) is 57.8 Å². The molecule has 1 aromatic heterocycles. The zero-order valence-corrected chi connectivity index (χ0v) is 14.9. The minimum Gasteiger partial charge on any atom is -0.324 e. The highest BCUT2D eigenvalue weighted by Crippen LogP contribution is 2.32. The molecule has 20 heavy (non-hydrogen) atoms. The van der Waals surface area contributed by atoms with Crippen molar-refractivity contribution in [1.82, 2.24) is 9.55 Å². The molecular weight excluding hydrogens is 336 g/mol. The number of benzene rings is 1. The van der Waals surface area contributed by atoms with Crippen molar-refractivity contribution in [3.63, 3.8) is 0 Å². The normalized spacial score (nSPS) is 16.3. The third-order valence-corrected chi connectivity index (χ3v) is 4.60. The van der Waals surface area contributed by atoms with Gasteiger partial charge in [-0.3, -0.25) is 0 Å². The predicted molar refractivity (Wildman–Crippen MR) is 90.5 cm³/mol. The van der Waals surface area contributed by atoms with Gasteiger partial charge in [0.2, 0.25) is 0 Å². The number of hydrogen-bond donors (Lipinski definition) is 0. The van der Waals surface area contributed by atoms with Gasteiger partial charge in [-0.15, -0.1) is 11.6 Å². The summed E-state index contributed by atoms with van der Waals surface area (Å²) in [6.45, 7) is 8.79. The van der Waals surface area contributed by atoms with Crippen molar-refractivity contribution in [1.29, 1.82) is 0 Å². The SMILES string of the molecule is CCC(C)CC(C)n1c(C(C)Cl)nc2ccc(Br)cc21. The van der Waals surface area contributed by atoms with E-state index in [1.807, 2.05) is 13.0 Å². The summed E-state index contributed by atoms with van der Waals surface area (Å²) < 4.78 is 3.39. The Morgan fingerprint density at radius 2 is 2.00 bits per heavy atom. The van der Waals surface area contributed by atoms with Gasteiger partial charge in [0.05, 0.1) is 16.4 Å². The highest BCUT2D eigenvalue weighted by molar-refractivity contribution is 9.10. The molecule has 4 heteroatoms. The summed E-state index contributed by atoms with van der Waals surface area (Å²) in [5, 5.41) is -0.0828. The van der Waals surface area contributed by atoms with Crippen molar-refractivity contribution in [2.45, 2.75) is 52.0 Å². The van der Waals surface area contributed by atoms with Gasteiger partial charge < -0.3 is 4.57 Å². The first kappa shape index (κ1) is 15.8. The average molecular weight is 358 g/mol. The molecule has 2 rings (SSSR count). The van der Waals surface area contributed by atoms with Crippen LogP contribution in [-0.4, -0.2) is 9.55 Å². The van der Waals surface area contributed by atoms with Crippen LogP contribution in [0.2, 0.25) is 0 Å². The van der Waals surface area contributed by atoms with Gasteiger partial charge >= 0.3 is 0 Å². The zero-order valence-electron chi connectivity index (χ0n) is 12.5. The van der Waals surface area contributed by atoms with E-state index in [1.54, 1.807) is 0 Å². The number of imidazole rings is 1. The molecule has 1 heterocycles. The highest BCUT2D eigenvalue weighted by atomic mass is 79.9. The van der Waals surface area contributed by atoms with Crippen LogP contribution in [0, 0.1) is 5.92 Å². The lowest BCUT2D eigenvalue weighted by molar-refractivity contribution is 0.397. The van der Waals surface area contributed by atoms with Gasteiger partial charge in [0.25, 0.3) is 0 Å². The fourth-order valence-electron chi connectivity index (χ4n) is 2.68. The van der Waals surface area contributed by atoms with E-state index in [0.29, 0.717) is 12.0 Å². The molecule has 1 aromatic carbocycles. The molecule has 0 fully saturated rings. The van der Waals surface area contributed by atoms with Crippen LogP contribution in [0.4, 0.5) is 0 Å². The molecule has 110 valence electrons. The maximum atomic E-state index is 6.34. The third-order valence-electron chi connectivity index (χ3n) is 3.92. The van der Waals surface area contributed by atoms with E-state index in [9.17, 15) is 0 Å². The summed E-state index contributed by atoms with van der Waals surface area (Å²) in [5.41, 5.74) is 2.18. The second-order valence-corrected chi connectivity index (χ2v) is 7.26. The van der Waals surface area contributed by atoms with Crippen LogP contribution in [0.3, 0.4) is 0 Å². The summed E-state index contributed by atoms with van der Waals surface area (Å²) in [6.07, 6.45) is 2.34. The molecule has 0 radical (unpaired) electrons. The van der Waals surface area contributed by atoms with Crippen LogP contribution in [-0.2, 0) is 0 Å². The van der Waals surface area contributed by atoms with Crippen molar-refractivity contribution in [2.24, 2.45) is 5.92 Å². The Balaban J connectivity index is 2.52. The van der Waals surface area contributed by atoms with Crippen molar-refractivity contribution < 1.29 is 0 Å². The molecule has 3 unspecified atom stereocenters. The molecule has 0 bridgehead atoms. The number of hydrogen-bond acceptors (Lipinski definition) is 1. The van der Waals surface area contributed by atoms with Crippen molar-refractivity contribution in [3.8, 4) is 0 Å². The van der Waals surface area contributed by atoms with Crippen LogP contribution < -0.4 is 0 Å². The summed E-state index contributed by atoms with van der Waals surface area (Å²) in [6, 6.07) is 6.62. The molecule has 2 nitrogen and oxygen atoms in total. The van der Waals surface area contributed by atoms with Crippen LogP contribution in [0.25, 0.3) is 11.0 Å². The maximum Gasteiger partial charge on any atom is 0.127 e. The van der Waals surface area contributed by atoms with E-state index >= 15 is 0 Å². The standard InChI is InChI=1S/C16H22BrClN2/c1-5-10(2)8-11(3)20-15-9-13(17)6-7-14(15)19-16(20)12(4)18/h6-7,9-12H,5,8H2,1-4H3. The van der Waals surface area contributed by atoms with E-state index < -0.39 is 0 Å². The molecule has 0 N–H and O–H groups in total. The number of rotatable bonds is 5. The Morgan fingerprint density at radius 3 is 2.60 bits per heavy atom. The van der Waals surface area contributed by atoms with Crippen LogP contribution in [0.15, 0.2) is 22.7 Å². The molecule has 0 spiro atoms. The summed E-state index contributed by atoms with van der Waals surface area (Å²) in [4.78, 5) is 4.72. The fraction of sp³-hybridized carbons (Fsp3) is 0.562. The Kier molecular flexibility index (Phi) is 5.14. The first-order chi connectivity index (χ1) is 9.43. The van der Waals surface area contributed by atoms with E-state index in [2.05, 4.69) is 53.4 Å². The monoisotopic (exact) mass is 356 g/mol. The van der Waals surface area contributed by atoms with Crippen molar-refractivity contribution >= 4 is 38.6 Å². The minimum atomic E-state index is -0.0828. The summed E-state index contributed by atoms with van der Waals surface area (Å²) in [7, 11) is 0. The lowest BCUT2D eigenvalue weighted by Gasteiger charge is -2.21. The average Bonchev–Trinajstić information content (AvgIpc) is 2.77. The van der Waals surface area contributed by atoms with Gasteiger partial charge in [-0.25, -0.2) is 4.98 Å². The molecule has 0 aliphatic carbocycles. The first-order valence-corrected chi connectivity index (χ1v) is 8.48. The van der Waals surface area contributed by atoms with Crippen LogP contribution in [0.5, 0.6) is 0 Å². The molecular formula is C16H22BrClN2. The van der Waals surface area contributed by atoms with Gasteiger partial charge in [0.15, 0.2) is 0 Å². The largest absolute Gasteiger partial charge is 0.324 e. The Bertz CT molecular complexity index is 591. The number of fused-ring (bicyclic) bond motifs is 1. The first-order valence-electron chi connectivity index (χ1n) is 7.25. The smallest absolute Gasteiger partial charge is 0.127 e. The lowest BCUT2D eigenvalue weighted by atomic mass is 10.00. The molecule has 0 aliphatic heterocycles. The molecule has 3 atom stereocenters. The van der Waals surface area contributed by atoms with Gasteiger partial charge in [-0.1, -0.05) is 36.2 Å². The fourth-order valence-corrected chi connectivity index (χ4v) is 3.19. The molecule has 2 aromatic rings. The second-order valence-electron chi connectivity index (χ2n) is 5.69. The Hall–Kier alpha value is -0.540. The Morgan fingerprint density at radius 1 is 1.30 bits per heavy atom. The minimum absolute atomic E-state index is 0.0828. The van der Waals surface area contributed by atoms with Crippen LogP contribution >= 0.6 is 27.5 Å². The van der Waals surface area contributed by atoms with Gasteiger partial charge in [0.1, 0.15) is 5.82 Å². The number of nitrogens with zero attached hydrogens (tertiary/aromatic N) is 2. The van der Waals surface area contributed by atoms with E-state index in [0.717, 1.165) is 27.8 Å². The lowest BCUT2D eigenvalue weighted by Crippen LogP contribution is -2.12. The molecule has 0 saturated heterocycles. The summed E-state index contributed by atoms with van der Waals surface area (Å²) >= 11 is 9.89. The second kappa shape index (κ2) is 6.48. The van der Waals surface area contributed by atoms with E-state index in [1.165, 1.54) is 6.42 Å².